The number of hydrogen-bond donors (Lipinski definition) is 0. The number of aryl methyl sites for hydroxylation is 1. The summed E-state index contributed by atoms with van der Waals surface area (Å²) >= 11 is 0. The van der Waals surface area contributed by atoms with Crippen LogP contribution in [0.1, 0.15) is 12.6 Å². The van der Waals surface area contributed by atoms with E-state index in [1.165, 1.54) is 0 Å². The van der Waals surface area contributed by atoms with Gasteiger partial charge in [0.25, 0.3) is 0 Å². The number of imidazole rings is 1. The smallest absolute Gasteiger partial charge is 0.0992 e. The molecule has 0 aromatic carbocycles. The number of rotatable bonds is 2. The topological polar surface area (TPSA) is 30.7 Å². The standard InChI is InChI=1S/C10H11N3/c1-2-9-3-4-10(7-12-9)13-6-5-11-8-13/h3-8H,2H2,1H3. The molecule has 2 aromatic heterocycles. The Bertz CT molecular complexity index is 362. The minimum atomic E-state index is 0.976. The zero-order valence-electron chi connectivity index (χ0n) is 7.51. The maximum absolute atomic E-state index is 4.30. The van der Waals surface area contributed by atoms with Crippen LogP contribution in [0, 0.1) is 0 Å². The number of nitrogens with zero attached hydrogens (tertiary/aromatic N) is 3. The molecule has 13 heavy (non-hydrogen) atoms. The van der Waals surface area contributed by atoms with E-state index in [0.29, 0.717) is 0 Å². The molecular formula is C10H11N3. The molecule has 0 saturated heterocycles. The van der Waals surface area contributed by atoms with E-state index in [1.807, 2.05) is 29.1 Å². The summed E-state index contributed by atoms with van der Waals surface area (Å²) in [6, 6.07) is 4.09. The highest BCUT2D eigenvalue weighted by Gasteiger charge is 1.95. The first-order valence-corrected chi connectivity index (χ1v) is 4.33. The predicted octanol–water partition coefficient (Wildman–Crippen LogP) is 1.83. The van der Waals surface area contributed by atoms with Gasteiger partial charge in [-0.25, -0.2) is 4.98 Å². The average molecular weight is 173 g/mol. The van der Waals surface area contributed by atoms with Gasteiger partial charge in [-0.15, -0.1) is 0 Å². The van der Waals surface area contributed by atoms with Crippen LogP contribution in [0.4, 0.5) is 0 Å². The third-order valence-electron chi connectivity index (χ3n) is 1.97. The van der Waals surface area contributed by atoms with Crippen LogP contribution in [0.15, 0.2) is 37.1 Å². The van der Waals surface area contributed by atoms with Crippen molar-refractivity contribution in [1.29, 1.82) is 0 Å². The van der Waals surface area contributed by atoms with Crippen LogP contribution >= 0.6 is 0 Å². The summed E-state index contributed by atoms with van der Waals surface area (Å²) in [5, 5.41) is 0. The van der Waals surface area contributed by atoms with Crippen molar-refractivity contribution in [2.24, 2.45) is 0 Å². The van der Waals surface area contributed by atoms with E-state index in [9.17, 15) is 0 Å². The van der Waals surface area contributed by atoms with Gasteiger partial charge in [0, 0.05) is 18.1 Å². The van der Waals surface area contributed by atoms with Crippen LogP contribution in [0.5, 0.6) is 0 Å². The van der Waals surface area contributed by atoms with Gasteiger partial charge < -0.3 is 4.57 Å². The molecule has 2 heterocycles. The van der Waals surface area contributed by atoms with Gasteiger partial charge in [-0.05, 0) is 18.6 Å². The number of aromatic nitrogens is 3. The Morgan fingerprint density at radius 2 is 2.31 bits per heavy atom. The van der Waals surface area contributed by atoms with Crippen LogP contribution < -0.4 is 0 Å². The van der Waals surface area contributed by atoms with E-state index in [2.05, 4.69) is 16.9 Å². The van der Waals surface area contributed by atoms with Gasteiger partial charge in [0.15, 0.2) is 0 Å². The van der Waals surface area contributed by atoms with Crippen LogP contribution in [0.25, 0.3) is 5.69 Å². The van der Waals surface area contributed by atoms with E-state index in [0.717, 1.165) is 17.8 Å². The molecule has 0 saturated carbocycles. The molecule has 0 aliphatic heterocycles. The molecule has 0 aliphatic carbocycles. The summed E-state index contributed by atoms with van der Waals surface area (Å²) in [5.74, 6) is 0. The Morgan fingerprint density at radius 3 is 2.85 bits per heavy atom. The first-order chi connectivity index (χ1) is 6.40. The highest BCUT2D eigenvalue weighted by Crippen LogP contribution is 2.06. The third kappa shape index (κ3) is 1.59. The largest absolute Gasteiger partial charge is 0.305 e. The molecule has 0 aliphatic rings. The lowest BCUT2D eigenvalue weighted by Gasteiger charge is -2.01. The predicted molar refractivity (Wildman–Crippen MR) is 50.7 cm³/mol. The lowest BCUT2D eigenvalue weighted by atomic mass is 10.3. The maximum atomic E-state index is 4.30. The Hall–Kier alpha value is -1.64. The SMILES string of the molecule is CCc1ccc(-n2ccnc2)cn1. The highest BCUT2D eigenvalue weighted by molar-refractivity contribution is 5.29. The molecule has 0 atom stereocenters. The normalized spacial score (nSPS) is 10.2. The van der Waals surface area contributed by atoms with Crippen LogP contribution in [0.2, 0.25) is 0 Å². The molecule has 0 amide bonds. The molecule has 0 spiro atoms. The fourth-order valence-electron chi connectivity index (χ4n) is 1.19. The van der Waals surface area contributed by atoms with Gasteiger partial charge in [-0.2, -0.15) is 0 Å². The first kappa shape index (κ1) is 7.98. The van der Waals surface area contributed by atoms with Crippen molar-refractivity contribution in [1.82, 2.24) is 14.5 Å². The van der Waals surface area contributed by atoms with Crippen molar-refractivity contribution in [3.8, 4) is 5.69 Å². The fraction of sp³-hybridized carbons (Fsp3) is 0.200. The minimum Gasteiger partial charge on any atom is -0.305 e. The molecule has 0 radical (unpaired) electrons. The zero-order valence-corrected chi connectivity index (χ0v) is 7.51. The van der Waals surface area contributed by atoms with E-state index in [1.54, 1.807) is 12.5 Å². The quantitative estimate of drug-likeness (QED) is 0.693. The van der Waals surface area contributed by atoms with Crippen LogP contribution in [-0.2, 0) is 6.42 Å². The summed E-state index contributed by atoms with van der Waals surface area (Å²) in [6.07, 6.45) is 8.27. The van der Waals surface area contributed by atoms with Crippen molar-refractivity contribution < 1.29 is 0 Å². The van der Waals surface area contributed by atoms with Gasteiger partial charge in [-0.1, -0.05) is 6.92 Å². The third-order valence-corrected chi connectivity index (χ3v) is 1.97. The average Bonchev–Trinajstić information content (AvgIpc) is 2.71. The molecule has 0 bridgehead atoms. The summed E-state index contributed by atoms with van der Waals surface area (Å²) in [5.41, 5.74) is 2.17. The lowest BCUT2D eigenvalue weighted by molar-refractivity contribution is 0.990. The van der Waals surface area contributed by atoms with Crippen molar-refractivity contribution in [3.05, 3.63) is 42.7 Å². The van der Waals surface area contributed by atoms with Gasteiger partial charge in [0.05, 0.1) is 18.2 Å². The van der Waals surface area contributed by atoms with E-state index in [-0.39, 0.29) is 0 Å². The Kier molecular flexibility index (Phi) is 2.08. The molecule has 2 aromatic rings. The second-order valence-electron chi connectivity index (χ2n) is 2.83. The van der Waals surface area contributed by atoms with Crippen LogP contribution in [0.3, 0.4) is 0 Å². The van der Waals surface area contributed by atoms with Crippen molar-refractivity contribution >= 4 is 0 Å². The molecule has 66 valence electrons. The maximum Gasteiger partial charge on any atom is 0.0992 e. The number of pyridine rings is 1. The summed E-state index contributed by atoms with van der Waals surface area (Å²) in [4.78, 5) is 8.28. The van der Waals surface area contributed by atoms with E-state index in [4.69, 9.17) is 0 Å². The highest BCUT2D eigenvalue weighted by atomic mass is 15.0. The second kappa shape index (κ2) is 3.39. The Morgan fingerprint density at radius 1 is 1.38 bits per heavy atom. The molecule has 0 fully saturated rings. The minimum absolute atomic E-state index is 0.976. The fourth-order valence-corrected chi connectivity index (χ4v) is 1.19. The van der Waals surface area contributed by atoms with Gasteiger partial charge in [-0.3, -0.25) is 4.98 Å². The molecule has 0 unspecified atom stereocenters. The molecule has 0 N–H and O–H groups in total. The second-order valence-corrected chi connectivity index (χ2v) is 2.83. The van der Waals surface area contributed by atoms with Crippen molar-refractivity contribution in [2.45, 2.75) is 13.3 Å². The van der Waals surface area contributed by atoms with Crippen LogP contribution in [-0.4, -0.2) is 14.5 Å². The zero-order chi connectivity index (χ0) is 9.10. The van der Waals surface area contributed by atoms with Crippen molar-refractivity contribution in [2.75, 3.05) is 0 Å². The molecule has 3 heteroatoms. The number of hydrogen-bond acceptors (Lipinski definition) is 2. The van der Waals surface area contributed by atoms with Gasteiger partial charge >= 0.3 is 0 Å². The lowest BCUT2D eigenvalue weighted by Crippen LogP contribution is -1.93. The Labute approximate surface area is 77.1 Å². The van der Waals surface area contributed by atoms with E-state index < -0.39 is 0 Å². The molecular weight excluding hydrogens is 162 g/mol. The van der Waals surface area contributed by atoms with E-state index >= 15 is 0 Å². The Balaban J connectivity index is 2.33. The molecule has 3 nitrogen and oxygen atoms in total. The summed E-state index contributed by atoms with van der Waals surface area (Å²) in [7, 11) is 0. The van der Waals surface area contributed by atoms with Gasteiger partial charge in [0.2, 0.25) is 0 Å². The summed E-state index contributed by atoms with van der Waals surface area (Å²) in [6.45, 7) is 2.10. The molecule has 2 rings (SSSR count). The first-order valence-electron chi connectivity index (χ1n) is 4.33. The van der Waals surface area contributed by atoms with Gasteiger partial charge in [0.1, 0.15) is 0 Å². The summed E-state index contributed by atoms with van der Waals surface area (Å²) < 4.78 is 1.94. The monoisotopic (exact) mass is 173 g/mol. The van der Waals surface area contributed by atoms with Crippen molar-refractivity contribution in [3.63, 3.8) is 0 Å².